The van der Waals surface area contributed by atoms with Crippen molar-refractivity contribution in [3.63, 3.8) is 0 Å². The highest BCUT2D eigenvalue weighted by atomic mass is 32.2. The Morgan fingerprint density at radius 1 is 1.17 bits per heavy atom. The molecule has 1 aromatic carbocycles. The molecule has 0 bridgehead atoms. The van der Waals surface area contributed by atoms with Crippen molar-refractivity contribution in [2.24, 2.45) is 5.73 Å². The van der Waals surface area contributed by atoms with Crippen LogP contribution in [0.15, 0.2) is 29.2 Å². The lowest BCUT2D eigenvalue weighted by atomic mass is 10.2. The summed E-state index contributed by atoms with van der Waals surface area (Å²) in [5.41, 5.74) is 6.53. The largest absolute Gasteiger partial charge is 0.330 e. The van der Waals surface area contributed by atoms with Gasteiger partial charge < -0.3 is 5.73 Å². The summed E-state index contributed by atoms with van der Waals surface area (Å²) in [7, 11) is -3.36. The molecule has 0 heterocycles. The number of hydrogen-bond acceptors (Lipinski definition) is 3. The van der Waals surface area contributed by atoms with Crippen LogP contribution in [-0.2, 0) is 16.4 Å². The van der Waals surface area contributed by atoms with E-state index in [-0.39, 0.29) is 6.04 Å². The second-order valence-electron chi connectivity index (χ2n) is 4.79. The zero-order valence-corrected chi connectivity index (χ0v) is 11.2. The molecule has 1 aromatic rings. The van der Waals surface area contributed by atoms with Crippen LogP contribution in [0.5, 0.6) is 0 Å². The molecule has 4 nitrogen and oxygen atoms in total. The summed E-state index contributed by atoms with van der Waals surface area (Å²) in [6.45, 7) is 0.576. The zero-order chi connectivity index (χ0) is 13.0. The van der Waals surface area contributed by atoms with Crippen LogP contribution in [0.3, 0.4) is 0 Å². The predicted molar refractivity (Wildman–Crippen MR) is 71.8 cm³/mol. The van der Waals surface area contributed by atoms with Crippen molar-refractivity contribution in [3.05, 3.63) is 29.8 Å². The van der Waals surface area contributed by atoms with Crippen LogP contribution >= 0.6 is 0 Å². The molecule has 0 aliphatic heterocycles. The Kier molecular flexibility index (Phi) is 4.37. The molecule has 0 atom stereocenters. The van der Waals surface area contributed by atoms with Crippen molar-refractivity contribution in [1.29, 1.82) is 0 Å². The Hall–Kier alpha value is -0.910. The number of sulfonamides is 1. The first-order chi connectivity index (χ1) is 8.62. The Balaban J connectivity index is 2.08. The molecule has 18 heavy (non-hydrogen) atoms. The number of benzene rings is 1. The molecule has 1 saturated carbocycles. The monoisotopic (exact) mass is 268 g/mol. The fourth-order valence-electron chi connectivity index (χ4n) is 2.33. The van der Waals surface area contributed by atoms with Gasteiger partial charge >= 0.3 is 0 Å². The first-order valence-electron chi connectivity index (χ1n) is 6.43. The highest BCUT2D eigenvalue weighted by Crippen LogP contribution is 2.20. The first-order valence-corrected chi connectivity index (χ1v) is 7.91. The predicted octanol–water partition coefficient (Wildman–Crippen LogP) is 1.41. The van der Waals surface area contributed by atoms with Crippen LogP contribution in [0.25, 0.3) is 0 Å². The van der Waals surface area contributed by atoms with Gasteiger partial charge in [-0.2, -0.15) is 0 Å². The van der Waals surface area contributed by atoms with Gasteiger partial charge in [-0.3, -0.25) is 0 Å². The van der Waals surface area contributed by atoms with E-state index < -0.39 is 10.0 Å². The molecule has 1 fully saturated rings. The molecule has 3 N–H and O–H groups in total. The summed E-state index contributed by atoms with van der Waals surface area (Å²) in [6.07, 6.45) is 4.90. The molecular weight excluding hydrogens is 248 g/mol. The van der Waals surface area contributed by atoms with Gasteiger partial charge in [0.25, 0.3) is 0 Å². The number of hydrogen-bond donors (Lipinski definition) is 2. The van der Waals surface area contributed by atoms with E-state index in [2.05, 4.69) is 4.72 Å². The number of rotatable bonds is 5. The van der Waals surface area contributed by atoms with E-state index in [1.165, 1.54) is 0 Å². The minimum Gasteiger partial charge on any atom is -0.330 e. The average molecular weight is 268 g/mol. The maximum absolute atomic E-state index is 12.1. The van der Waals surface area contributed by atoms with E-state index >= 15 is 0 Å². The Bertz CT molecular complexity index is 476. The Labute approximate surface area is 109 Å². The quantitative estimate of drug-likeness (QED) is 0.848. The van der Waals surface area contributed by atoms with Crippen LogP contribution in [0.1, 0.15) is 31.2 Å². The Morgan fingerprint density at radius 2 is 1.78 bits per heavy atom. The van der Waals surface area contributed by atoms with Gasteiger partial charge in [-0.1, -0.05) is 25.0 Å². The molecule has 0 radical (unpaired) electrons. The third-order valence-electron chi connectivity index (χ3n) is 3.34. The van der Waals surface area contributed by atoms with Crippen LogP contribution in [0.4, 0.5) is 0 Å². The normalized spacial score (nSPS) is 17.2. The summed E-state index contributed by atoms with van der Waals surface area (Å²) in [5.74, 6) is 0. The van der Waals surface area contributed by atoms with Crippen molar-refractivity contribution >= 4 is 10.0 Å². The summed E-state index contributed by atoms with van der Waals surface area (Å²) >= 11 is 0. The lowest BCUT2D eigenvalue weighted by Gasteiger charge is -2.12. The van der Waals surface area contributed by atoms with Crippen LogP contribution in [0, 0.1) is 0 Å². The minimum absolute atomic E-state index is 0.110. The van der Waals surface area contributed by atoms with Crippen molar-refractivity contribution < 1.29 is 8.42 Å². The van der Waals surface area contributed by atoms with Crippen LogP contribution < -0.4 is 10.5 Å². The smallest absolute Gasteiger partial charge is 0.240 e. The molecule has 0 saturated heterocycles. The van der Waals surface area contributed by atoms with Gasteiger partial charge in [-0.25, -0.2) is 13.1 Å². The summed E-state index contributed by atoms with van der Waals surface area (Å²) in [5, 5.41) is 0. The van der Waals surface area contributed by atoms with Crippen molar-refractivity contribution in [2.45, 2.75) is 43.0 Å². The molecule has 1 aliphatic rings. The second-order valence-corrected chi connectivity index (χ2v) is 6.50. The lowest BCUT2D eigenvalue weighted by molar-refractivity contribution is 0.552. The molecular formula is C13H20N2O2S. The highest BCUT2D eigenvalue weighted by Gasteiger charge is 2.22. The molecule has 0 spiro atoms. The van der Waals surface area contributed by atoms with Gasteiger partial charge in [0.15, 0.2) is 0 Å². The van der Waals surface area contributed by atoms with E-state index in [0.29, 0.717) is 11.4 Å². The molecule has 0 unspecified atom stereocenters. The molecule has 5 heteroatoms. The topological polar surface area (TPSA) is 72.2 Å². The molecule has 2 rings (SSSR count). The third kappa shape index (κ3) is 3.31. The summed E-state index contributed by atoms with van der Waals surface area (Å²) in [4.78, 5) is 0.343. The maximum atomic E-state index is 12.1. The van der Waals surface area contributed by atoms with Gasteiger partial charge in [-0.15, -0.1) is 0 Å². The standard InChI is InChI=1S/C13H20N2O2S/c14-10-9-11-5-7-13(8-6-11)18(16,17)15-12-3-1-2-4-12/h5-8,12,15H,1-4,9-10,14H2. The fourth-order valence-corrected chi connectivity index (χ4v) is 3.64. The second kappa shape index (κ2) is 5.82. The van der Waals surface area contributed by atoms with Gasteiger partial charge in [0, 0.05) is 6.04 Å². The number of nitrogens with two attached hydrogens (primary N) is 1. The molecule has 0 amide bonds. The summed E-state index contributed by atoms with van der Waals surface area (Å²) in [6, 6.07) is 7.08. The minimum atomic E-state index is -3.36. The fraction of sp³-hybridized carbons (Fsp3) is 0.538. The van der Waals surface area contributed by atoms with Crippen molar-refractivity contribution in [1.82, 2.24) is 4.72 Å². The SMILES string of the molecule is NCCc1ccc(S(=O)(=O)NC2CCCC2)cc1. The number of nitrogens with one attached hydrogen (secondary N) is 1. The summed E-state index contributed by atoms with van der Waals surface area (Å²) < 4.78 is 27.0. The highest BCUT2D eigenvalue weighted by molar-refractivity contribution is 7.89. The van der Waals surface area contributed by atoms with E-state index in [4.69, 9.17) is 5.73 Å². The lowest BCUT2D eigenvalue weighted by Crippen LogP contribution is -2.32. The van der Waals surface area contributed by atoms with Gasteiger partial charge in [0.2, 0.25) is 10.0 Å². The molecule has 0 aromatic heterocycles. The van der Waals surface area contributed by atoms with E-state index in [0.717, 1.165) is 37.7 Å². The van der Waals surface area contributed by atoms with Gasteiger partial charge in [-0.05, 0) is 43.5 Å². The van der Waals surface area contributed by atoms with Gasteiger partial charge in [0.1, 0.15) is 0 Å². The molecule has 100 valence electrons. The van der Waals surface area contributed by atoms with Gasteiger partial charge in [0.05, 0.1) is 4.90 Å². The van der Waals surface area contributed by atoms with E-state index in [9.17, 15) is 8.42 Å². The van der Waals surface area contributed by atoms with Crippen molar-refractivity contribution in [3.8, 4) is 0 Å². The van der Waals surface area contributed by atoms with Crippen LogP contribution in [-0.4, -0.2) is 21.0 Å². The van der Waals surface area contributed by atoms with Crippen LogP contribution in [0.2, 0.25) is 0 Å². The maximum Gasteiger partial charge on any atom is 0.240 e. The Morgan fingerprint density at radius 3 is 2.33 bits per heavy atom. The molecule has 1 aliphatic carbocycles. The van der Waals surface area contributed by atoms with E-state index in [1.54, 1.807) is 12.1 Å². The van der Waals surface area contributed by atoms with Crippen molar-refractivity contribution in [2.75, 3.05) is 6.54 Å². The average Bonchev–Trinajstić information content (AvgIpc) is 2.82. The zero-order valence-electron chi connectivity index (χ0n) is 10.4. The third-order valence-corrected chi connectivity index (χ3v) is 4.88. The first kappa shape index (κ1) is 13.5. The van der Waals surface area contributed by atoms with E-state index in [1.807, 2.05) is 12.1 Å².